The van der Waals surface area contributed by atoms with Gasteiger partial charge in [0.05, 0.1) is 0 Å². The van der Waals surface area contributed by atoms with Gasteiger partial charge in [0, 0.05) is 14.2 Å². The molecule has 1 rings (SSSR count). The van der Waals surface area contributed by atoms with E-state index in [2.05, 4.69) is 9.47 Å². The number of ether oxygens (including phenoxy) is 4. The summed E-state index contributed by atoms with van der Waals surface area (Å²) >= 11 is 0. The van der Waals surface area contributed by atoms with Crippen LogP contribution >= 0.6 is 0 Å². The predicted octanol–water partition coefficient (Wildman–Crippen LogP) is 1.79. The third-order valence-corrected chi connectivity index (χ3v) is 1.59. The van der Waals surface area contributed by atoms with Gasteiger partial charge >= 0.3 is 0 Å². The van der Waals surface area contributed by atoms with Gasteiger partial charge in [-0.25, -0.2) is 0 Å². The topological polar surface area (TPSA) is 36.9 Å². The van der Waals surface area contributed by atoms with Crippen molar-refractivity contribution >= 4 is 0 Å². The first-order valence-corrected chi connectivity index (χ1v) is 4.31. The van der Waals surface area contributed by atoms with Crippen LogP contribution in [-0.4, -0.2) is 27.8 Å². The lowest BCUT2D eigenvalue weighted by Crippen LogP contribution is -2.04. The lowest BCUT2D eigenvalue weighted by atomic mass is 10.3. The molecule has 0 heterocycles. The Morgan fingerprint density at radius 3 is 1.87 bits per heavy atom. The van der Waals surface area contributed by atoms with Crippen molar-refractivity contribution in [2.24, 2.45) is 0 Å². The van der Waals surface area contributed by atoms with Gasteiger partial charge in [-0.05, 0) is 12.1 Å². The van der Waals surface area contributed by atoms with Gasteiger partial charge in [-0.2, -0.15) is 4.39 Å². The van der Waals surface area contributed by atoms with Crippen molar-refractivity contribution in [1.82, 2.24) is 0 Å². The maximum absolute atomic E-state index is 13.6. The molecule has 0 atom stereocenters. The highest BCUT2D eigenvalue weighted by Crippen LogP contribution is 2.26. The number of halogens is 1. The van der Waals surface area contributed by atoms with Crippen molar-refractivity contribution in [3.05, 3.63) is 24.0 Å². The van der Waals surface area contributed by atoms with E-state index in [0.717, 1.165) is 0 Å². The summed E-state index contributed by atoms with van der Waals surface area (Å²) in [7, 11) is 2.92. The van der Waals surface area contributed by atoms with E-state index in [1.165, 1.54) is 26.4 Å². The Morgan fingerprint density at radius 2 is 1.47 bits per heavy atom. The van der Waals surface area contributed by atoms with E-state index < -0.39 is 5.82 Å². The van der Waals surface area contributed by atoms with Crippen molar-refractivity contribution in [3.8, 4) is 11.5 Å². The second-order valence-corrected chi connectivity index (χ2v) is 2.67. The number of methoxy groups -OCH3 is 2. The number of hydrogen-bond acceptors (Lipinski definition) is 4. The molecule has 15 heavy (non-hydrogen) atoms. The Balaban J connectivity index is 2.71. The van der Waals surface area contributed by atoms with E-state index in [0.29, 0.717) is 0 Å². The van der Waals surface area contributed by atoms with Gasteiger partial charge in [0.1, 0.15) is 0 Å². The van der Waals surface area contributed by atoms with Gasteiger partial charge in [-0.1, -0.05) is 6.07 Å². The summed E-state index contributed by atoms with van der Waals surface area (Å²) in [6.45, 7) is -0.0185. The molecular formula is C10H13FO4. The third kappa shape index (κ3) is 3.38. The zero-order valence-corrected chi connectivity index (χ0v) is 8.66. The largest absolute Gasteiger partial charge is 0.464 e. The molecule has 0 aliphatic rings. The second-order valence-electron chi connectivity index (χ2n) is 2.67. The molecule has 1 aromatic rings. The number of hydrogen-bond donors (Lipinski definition) is 0. The first kappa shape index (κ1) is 11.7. The standard InChI is InChI=1S/C10H13FO4/c1-12-6-14-8-4-3-5-9(10(8)11)15-7-13-2/h3-5H,6-7H2,1-2H3. The Labute approximate surface area is 87.5 Å². The minimum absolute atomic E-state index is 0.00927. The molecule has 84 valence electrons. The summed E-state index contributed by atoms with van der Waals surface area (Å²) < 4.78 is 32.9. The van der Waals surface area contributed by atoms with Crippen LogP contribution in [0, 0.1) is 5.82 Å². The van der Waals surface area contributed by atoms with E-state index >= 15 is 0 Å². The minimum Gasteiger partial charge on any atom is -0.464 e. The van der Waals surface area contributed by atoms with Gasteiger partial charge in [-0.3, -0.25) is 0 Å². The van der Waals surface area contributed by atoms with Gasteiger partial charge < -0.3 is 18.9 Å². The zero-order valence-electron chi connectivity index (χ0n) is 8.66. The average molecular weight is 216 g/mol. The van der Waals surface area contributed by atoms with Crippen molar-refractivity contribution in [3.63, 3.8) is 0 Å². The SMILES string of the molecule is COCOc1cccc(OCOC)c1F. The Kier molecular flexibility index (Phi) is 4.86. The summed E-state index contributed by atoms with van der Waals surface area (Å²) in [6, 6.07) is 4.61. The highest BCUT2D eigenvalue weighted by atomic mass is 19.1. The Bertz CT molecular complexity index is 277. The lowest BCUT2D eigenvalue weighted by molar-refractivity contribution is 0.0405. The van der Waals surface area contributed by atoms with E-state index in [1.54, 1.807) is 6.07 Å². The van der Waals surface area contributed by atoms with Gasteiger partial charge in [0.15, 0.2) is 25.1 Å². The summed E-state index contributed by atoms with van der Waals surface area (Å²) in [5.41, 5.74) is 0. The molecule has 0 spiro atoms. The van der Waals surface area contributed by atoms with Crippen molar-refractivity contribution in [2.45, 2.75) is 0 Å². The summed E-state index contributed by atoms with van der Waals surface area (Å²) in [5, 5.41) is 0. The maximum atomic E-state index is 13.6. The Morgan fingerprint density at radius 1 is 1.00 bits per heavy atom. The van der Waals surface area contributed by atoms with Crippen LogP contribution in [0.2, 0.25) is 0 Å². The van der Waals surface area contributed by atoms with Crippen LogP contribution in [0.5, 0.6) is 11.5 Å². The first-order chi connectivity index (χ1) is 7.29. The number of rotatable bonds is 6. The molecule has 0 saturated heterocycles. The number of benzene rings is 1. The highest BCUT2D eigenvalue weighted by Gasteiger charge is 2.09. The second kappa shape index (κ2) is 6.21. The van der Waals surface area contributed by atoms with Crippen LogP contribution in [-0.2, 0) is 9.47 Å². The molecule has 0 aliphatic heterocycles. The van der Waals surface area contributed by atoms with Crippen LogP contribution in [0.15, 0.2) is 18.2 Å². The molecule has 5 heteroatoms. The quantitative estimate of drug-likeness (QED) is 0.679. The van der Waals surface area contributed by atoms with Crippen LogP contribution < -0.4 is 9.47 Å². The van der Waals surface area contributed by atoms with Crippen molar-refractivity contribution < 1.29 is 23.3 Å². The first-order valence-electron chi connectivity index (χ1n) is 4.31. The van der Waals surface area contributed by atoms with Crippen LogP contribution in [0.1, 0.15) is 0 Å². The maximum Gasteiger partial charge on any atom is 0.207 e. The zero-order chi connectivity index (χ0) is 11.1. The fourth-order valence-corrected chi connectivity index (χ4v) is 0.958. The fourth-order valence-electron chi connectivity index (χ4n) is 0.958. The summed E-state index contributed by atoms with van der Waals surface area (Å²) in [6.07, 6.45) is 0. The lowest BCUT2D eigenvalue weighted by Gasteiger charge is -2.09. The molecule has 0 N–H and O–H groups in total. The third-order valence-electron chi connectivity index (χ3n) is 1.59. The fraction of sp³-hybridized carbons (Fsp3) is 0.400. The molecule has 0 fully saturated rings. The molecule has 0 radical (unpaired) electrons. The molecule has 0 amide bonds. The molecule has 1 aromatic carbocycles. The van der Waals surface area contributed by atoms with E-state index in [-0.39, 0.29) is 25.1 Å². The van der Waals surface area contributed by atoms with Crippen molar-refractivity contribution in [1.29, 1.82) is 0 Å². The monoisotopic (exact) mass is 216 g/mol. The smallest absolute Gasteiger partial charge is 0.207 e. The predicted molar refractivity (Wildman–Crippen MR) is 51.4 cm³/mol. The molecule has 4 nitrogen and oxygen atoms in total. The summed E-state index contributed by atoms with van der Waals surface area (Å²) in [5.74, 6) is -0.387. The average Bonchev–Trinajstić information content (AvgIpc) is 2.26. The van der Waals surface area contributed by atoms with Crippen molar-refractivity contribution in [2.75, 3.05) is 27.8 Å². The van der Waals surface area contributed by atoms with E-state index in [4.69, 9.17) is 9.47 Å². The molecule has 0 aliphatic carbocycles. The molecule has 0 saturated carbocycles. The normalized spacial score (nSPS) is 10.1. The van der Waals surface area contributed by atoms with E-state index in [9.17, 15) is 4.39 Å². The molecule has 0 unspecified atom stereocenters. The van der Waals surface area contributed by atoms with Crippen LogP contribution in [0.25, 0.3) is 0 Å². The van der Waals surface area contributed by atoms with E-state index in [1.807, 2.05) is 0 Å². The molecule has 0 aromatic heterocycles. The Hall–Kier alpha value is -1.33. The van der Waals surface area contributed by atoms with Crippen LogP contribution in [0.4, 0.5) is 4.39 Å². The van der Waals surface area contributed by atoms with Gasteiger partial charge in [-0.15, -0.1) is 0 Å². The van der Waals surface area contributed by atoms with Crippen LogP contribution in [0.3, 0.4) is 0 Å². The minimum atomic E-state index is -0.563. The van der Waals surface area contributed by atoms with Gasteiger partial charge in [0.25, 0.3) is 0 Å². The summed E-state index contributed by atoms with van der Waals surface area (Å²) in [4.78, 5) is 0. The van der Waals surface area contributed by atoms with Gasteiger partial charge in [0.2, 0.25) is 5.82 Å². The highest BCUT2D eigenvalue weighted by molar-refractivity contribution is 5.35. The molecule has 0 bridgehead atoms. The molecular weight excluding hydrogens is 203 g/mol.